The van der Waals surface area contributed by atoms with E-state index < -0.39 is 0 Å². The fourth-order valence-electron chi connectivity index (χ4n) is 1.92. The van der Waals surface area contributed by atoms with E-state index in [1.54, 1.807) is 11.9 Å². The topological polar surface area (TPSA) is 67.6 Å². The Hall–Kier alpha value is -1.12. The number of aliphatic hydroxyl groups is 1. The highest BCUT2D eigenvalue weighted by atomic mass is 16.3. The molecule has 2 atom stereocenters. The van der Waals surface area contributed by atoms with Crippen LogP contribution in [0, 0.1) is 11.3 Å². The van der Waals surface area contributed by atoms with Crippen LogP contribution in [0.2, 0.25) is 0 Å². The zero-order valence-corrected chi connectivity index (χ0v) is 9.89. The molecule has 0 radical (unpaired) electrons. The summed E-state index contributed by atoms with van der Waals surface area (Å²) in [7, 11) is 1.71. The molecular weight excluding hydrogens is 206 g/mol. The molecule has 0 aromatic carbocycles. The average molecular weight is 225 g/mol. The molecule has 1 rings (SSSR count). The van der Waals surface area contributed by atoms with Gasteiger partial charge in [0.2, 0.25) is 5.91 Å². The van der Waals surface area contributed by atoms with E-state index in [0.717, 1.165) is 13.0 Å². The molecule has 1 saturated heterocycles. The summed E-state index contributed by atoms with van der Waals surface area (Å²) in [5, 5.41) is 17.9. The van der Waals surface area contributed by atoms with Crippen molar-refractivity contribution in [1.82, 2.24) is 9.80 Å². The molecule has 1 amide bonds. The maximum absolute atomic E-state index is 11.9. The van der Waals surface area contributed by atoms with Gasteiger partial charge in [0.15, 0.2) is 0 Å². The number of aliphatic hydroxyl groups excluding tert-OH is 1. The predicted molar refractivity (Wildman–Crippen MR) is 59.5 cm³/mol. The van der Waals surface area contributed by atoms with Gasteiger partial charge in [0.1, 0.15) is 0 Å². The van der Waals surface area contributed by atoms with Gasteiger partial charge in [0, 0.05) is 26.7 Å². The van der Waals surface area contributed by atoms with Crippen LogP contribution in [0.4, 0.5) is 0 Å². The van der Waals surface area contributed by atoms with Gasteiger partial charge in [-0.1, -0.05) is 0 Å². The Bertz CT molecular complexity index is 287. The van der Waals surface area contributed by atoms with E-state index in [0.29, 0.717) is 19.5 Å². The molecule has 0 spiro atoms. The Morgan fingerprint density at radius 3 is 2.94 bits per heavy atom. The lowest BCUT2D eigenvalue weighted by molar-refractivity contribution is -0.134. The molecule has 1 N–H and O–H groups in total. The lowest BCUT2D eigenvalue weighted by atomic mass is 10.2. The van der Waals surface area contributed by atoms with Crippen molar-refractivity contribution in [2.75, 3.05) is 26.7 Å². The summed E-state index contributed by atoms with van der Waals surface area (Å²) >= 11 is 0. The first-order valence-electron chi connectivity index (χ1n) is 5.60. The minimum atomic E-state index is -0.306. The smallest absolute Gasteiger partial charge is 0.239 e. The van der Waals surface area contributed by atoms with Crippen LogP contribution in [-0.4, -0.2) is 59.6 Å². The average Bonchev–Trinajstić information content (AvgIpc) is 2.70. The van der Waals surface area contributed by atoms with Gasteiger partial charge in [0.25, 0.3) is 0 Å². The van der Waals surface area contributed by atoms with Crippen LogP contribution in [0.25, 0.3) is 0 Å². The van der Waals surface area contributed by atoms with Gasteiger partial charge in [-0.15, -0.1) is 0 Å². The third-order valence-electron chi connectivity index (χ3n) is 3.04. The van der Waals surface area contributed by atoms with Crippen molar-refractivity contribution >= 4 is 5.91 Å². The van der Waals surface area contributed by atoms with Crippen LogP contribution in [0.3, 0.4) is 0 Å². The highest BCUT2D eigenvalue weighted by Crippen LogP contribution is 2.13. The first-order valence-corrected chi connectivity index (χ1v) is 5.60. The Labute approximate surface area is 96.3 Å². The molecule has 5 heteroatoms. The predicted octanol–water partition coefficient (Wildman–Crippen LogP) is -0.186. The Morgan fingerprint density at radius 2 is 2.44 bits per heavy atom. The molecule has 5 nitrogen and oxygen atoms in total. The van der Waals surface area contributed by atoms with Crippen LogP contribution in [0.15, 0.2) is 0 Å². The molecule has 16 heavy (non-hydrogen) atoms. The third-order valence-corrected chi connectivity index (χ3v) is 3.04. The van der Waals surface area contributed by atoms with Gasteiger partial charge in [-0.3, -0.25) is 9.69 Å². The van der Waals surface area contributed by atoms with Crippen molar-refractivity contribution in [2.24, 2.45) is 0 Å². The van der Waals surface area contributed by atoms with E-state index in [2.05, 4.69) is 0 Å². The number of nitriles is 1. The van der Waals surface area contributed by atoms with Crippen molar-refractivity contribution in [2.45, 2.75) is 31.9 Å². The van der Waals surface area contributed by atoms with Gasteiger partial charge in [0.05, 0.1) is 24.6 Å². The van der Waals surface area contributed by atoms with E-state index in [4.69, 9.17) is 5.26 Å². The Balaban J connectivity index is 2.44. The number of carbonyl (C=O) groups excluding carboxylic acids is 1. The molecule has 0 aromatic heterocycles. The monoisotopic (exact) mass is 225 g/mol. The normalized spacial score (nSPS) is 22.8. The number of hydrogen-bond donors (Lipinski definition) is 1. The number of carbonyl (C=O) groups is 1. The standard InChI is InChI=1S/C11H19N3O2/c1-9(14-7-4-10(15)8-14)11(16)13(2)6-3-5-12/h9-10,15H,3-4,6-8H2,1-2H3. The van der Waals surface area contributed by atoms with Crippen LogP contribution in [-0.2, 0) is 4.79 Å². The first kappa shape index (κ1) is 12.9. The fraction of sp³-hybridized carbons (Fsp3) is 0.818. The maximum atomic E-state index is 11.9. The molecule has 0 bridgehead atoms. The molecule has 1 heterocycles. The molecule has 2 unspecified atom stereocenters. The zero-order valence-electron chi connectivity index (χ0n) is 9.89. The Kier molecular flexibility index (Phi) is 4.71. The number of hydrogen-bond acceptors (Lipinski definition) is 4. The number of likely N-dealkylation sites (tertiary alicyclic amines) is 1. The number of β-amino-alcohol motifs (C(OH)–C–C–N with tert-alkyl or cyclic N) is 1. The molecule has 0 aliphatic carbocycles. The lowest BCUT2D eigenvalue weighted by Gasteiger charge is -2.27. The lowest BCUT2D eigenvalue weighted by Crippen LogP contribution is -2.45. The second-order valence-electron chi connectivity index (χ2n) is 4.28. The molecule has 90 valence electrons. The third kappa shape index (κ3) is 3.19. The van der Waals surface area contributed by atoms with Crippen molar-refractivity contribution in [3.63, 3.8) is 0 Å². The van der Waals surface area contributed by atoms with E-state index in [9.17, 15) is 9.90 Å². The summed E-state index contributed by atoms with van der Waals surface area (Å²) in [6.07, 6.45) is 0.788. The number of likely N-dealkylation sites (N-methyl/N-ethyl adjacent to an activating group) is 1. The summed E-state index contributed by atoms with van der Waals surface area (Å²) in [6, 6.07) is 1.81. The first-order chi connectivity index (χ1) is 7.56. The van der Waals surface area contributed by atoms with Gasteiger partial charge in [-0.25, -0.2) is 0 Å². The minimum absolute atomic E-state index is 0.0179. The second kappa shape index (κ2) is 5.83. The van der Waals surface area contributed by atoms with Crippen molar-refractivity contribution in [1.29, 1.82) is 5.26 Å². The Morgan fingerprint density at radius 1 is 1.75 bits per heavy atom. The molecule has 1 fully saturated rings. The molecule has 0 saturated carbocycles. The van der Waals surface area contributed by atoms with Crippen LogP contribution < -0.4 is 0 Å². The van der Waals surface area contributed by atoms with E-state index in [1.807, 2.05) is 17.9 Å². The van der Waals surface area contributed by atoms with E-state index in [1.165, 1.54) is 0 Å². The van der Waals surface area contributed by atoms with Gasteiger partial charge >= 0.3 is 0 Å². The van der Waals surface area contributed by atoms with E-state index in [-0.39, 0.29) is 18.1 Å². The summed E-state index contributed by atoms with van der Waals surface area (Å²) < 4.78 is 0. The summed E-state index contributed by atoms with van der Waals surface area (Å²) in [5.41, 5.74) is 0. The van der Waals surface area contributed by atoms with Gasteiger partial charge < -0.3 is 10.0 Å². The van der Waals surface area contributed by atoms with Crippen LogP contribution in [0.5, 0.6) is 0 Å². The van der Waals surface area contributed by atoms with E-state index >= 15 is 0 Å². The van der Waals surface area contributed by atoms with Gasteiger partial charge in [-0.05, 0) is 13.3 Å². The summed E-state index contributed by atoms with van der Waals surface area (Å²) in [4.78, 5) is 15.5. The summed E-state index contributed by atoms with van der Waals surface area (Å²) in [6.45, 7) is 3.65. The largest absolute Gasteiger partial charge is 0.392 e. The number of nitrogens with zero attached hydrogens (tertiary/aromatic N) is 3. The SMILES string of the molecule is CC(C(=O)N(C)CCC#N)N1CCC(O)C1. The molecule has 1 aliphatic heterocycles. The number of rotatable bonds is 4. The maximum Gasteiger partial charge on any atom is 0.239 e. The fourth-order valence-corrected chi connectivity index (χ4v) is 1.92. The highest BCUT2D eigenvalue weighted by Gasteiger charge is 2.29. The van der Waals surface area contributed by atoms with Crippen molar-refractivity contribution < 1.29 is 9.90 Å². The quantitative estimate of drug-likeness (QED) is 0.720. The zero-order chi connectivity index (χ0) is 12.1. The van der Waals surface area contributed by atoms with Crippen LogP contribution >= 0.6 is 0 Å². The summed E-state index contributed by atoms with van der Waals surface area (Å²) in [5.74, 6) is 0.0179. The highest BCUT2D eigenvalue weighted by molar-refractivity contribution is 5.81. The van der Waals surface area contributed by atoms with Crippen molar-refractivity contribution in [3.05, 3.63) is 0 Å². The second-order valence-corrected chi connectivity index (χ2v) is 4.28. The molecular formula is C11H19N3O2. The van der Waals surface area contributed by atoms with Crippen LogP contribution in [0.1, 0.15) is 19.8 Å². The van der Waals surface area contributed by atoms with Crippen molar-refractivity contribution in [3.8, 4) is 6.07 Å². The van der Waals surface area contributed by atoms with Gasteiger partial charge in [-0.2, -0.15) is 5.26 Å². The molecule has 1 aliphatic rings. The number of amides is 1. The molecule has 0 aromatic rings. The minimum Gasteiger partial charge on any atom is -0.392 e.